The number of benzene rings is 2. The number of aryl methyl sites for hydroxylation is 1. The van der Waals surface area contributed by atoms with Crippen LogP contribution in [0.5, 0.6) is 0 Å². The first kappa shape index (κ1) is 26.2. The number of aromatic nitrogens is 3. The van der Waals surface area contributed by atoms with Gasteiger partial charge in [-0.15, -0.1) is 34.2 Å². The molecule has 0 amide bonds. The van der Waals surface area contributed by atoms with Crippen molar-refractivity contribution in [1.82, 2.24) is 25.4 Å². The van der Waals surface area contributed by atoms with Gasteiger partial charge in [0, 0.05) is 38.6 Å². The molecule has 1 fully saturated rings. The largest absolute Gasteiger partial charge is 0.376 e. The lowest BCUT2D eigenvalue weighted by Crippen LogP contribution is -2.42. The molecule has 3 aromatic rings. The standard InChI is InChI=1S/C26H34N6O.HI/c1-2-25-31-30-20-32(25)16-15-27-26(28-18-23-14-9-17-33-23)29-19-24(21-10-5-3-6-11-21)22-12-7-4-8-13-22;/h3-8,10-13,20,23-24H,2,9,14-19H2,1H3,(H2,27,28,29);1H. The Bertz CT molecular complexity index is 949. The maximum atomic E-state index is 5.80. The number of hydrogen-bond acceptors (Lipinski definition) is 4. The van der Waals surface area contributed by atoms with Crippen LogP contribution in [0, 0.1) is 0 Å². The topological polar surface area (TPSA) is 76.4 Å². The van der Waals surface area contributed by atoms with Gasteiger partial charge in [0.25, 0.3) is 0 Å². The van der Waals surface area contributed by atoms with E-state index in [9.17, 15) is 0 Å². The van der Waals surface area contributed by atoms with E-state index < -0.39 is 0 Å². The minimum Gasteiger partial charge on any atom is -0.376 e. The van der Waals surface area contributed by atoms with Crippen molar-refractivity contribution in [3.05, 3.63) is 83.9 Å². The molecule has 34 heavy (non-hydrogen) atoms. The minimum absolute atomic E-state index is 0. The van der Waals surface area contributed by atoms with Crippen molar-refractivity contribution in [2.24, 2.45) is 4.99 Å². The number of rotatable bonds is 10. The van der Waals surface area contributed by atoms with Gasteiger partial charge in [-0.05, 0) is 24.0 Å². The van der Waals surface area contributed by atoms with Gasteiger partial charge in [0.05, 0.1) is 12.6 Å². The molecule has 182 valence electrons. The highest BCUT2D eigenvalue weighted by Crippen LogP contribution is 2.24. The molecule has 2 N–H and O–H groups in total. The first-order valence-electron chi connectivity index (χ1n) is 11.9. The Kier molecular flexibility index (Phi) is 10.8. The van der Waals surface area contributed by atoms with E-state index in [1.807, 2.05) is 0 Å². The van der Waals surface area contributed by atoms with Crippen molar-refractivity contribution in [2.75, 3.05) is 26.2 Å². The van der Waals surface area contributed by atoms with Crippen LogP contribution in [-0.2, 0) is 17.7 Å². The molecule has 8 heteroatoms. The number of nitrogens with zero attached hydrogens (tertiary/aromatic N) is 4. The van der Waals surface area contributed by atoms with E-state index in [-0.39, 0.29) is 36.0 Å². The lowest BCUT2D eigenvalue weighted by Gasteiger charge is -2.19. The molecule has 0 saturated carbocycles. The van der Waals surface area contributed by atoms with E-state index >= 15 is 0 Å². The van der Waals surface area contributed by atoms with Crippen LogP contribution in [0.3, 0.4) is 0 Å². The molecule has 0 radical (unpaired) electrons. The number of ether oxygens (including phenoxy) is 1. The molecule has 1 aliphatic heterocycles. The third-order valence-electron chi connectivity index (χ3n) is 6.01. The highest BCUT2D eigenvalue weighted by Gasteiger charge is 2.17. The van der Waals surface area contributed by atoms with E-state index in [1.165, 1.54) is 11.1 Å². The van der Waals surface area contributed by atoms with Crippen LogP contribution in [0.2, 0.25) is 0 Å². The molecule has 1 aromatic heterocycles. The second kappa shape index (κ2) is 14.1. The highest BCUT2D eigenvalue weighted by atomic mass is 127. The van der Waals surface area contributed by atoms with Gasteiger partial charge in [0.1, 0.15) is 12.2 Å². The molecular weight excluding hydrogens is 539 g/mol. The van der Waals surface area contributed by atoms with Crippen LogP contribution in [0.25, 0.3) is 0 Å². The van der Waals surface area contributed by atoms with E-state index in [2.05, 4.69) is 93.0 Å². The van der Waals surface area contributed by atoms with E-state index in [4.69, 9.17) is 9.73 Å². The van der Waals surface area contributed by atoms with E-state index in [1.54, 1.807) is 6.33 Å². The molecule has 1 saturated heterocycles. The Morgan fingerprint density at radius 1 is 1.09 bits per heavy atom. The lowest BCUT2D eigenvalue weighted by atomic mass is 9.91. The van der Waals surface area contributed by atoms with Crippen LogP contribution in [-0.4, -0.2) is 53.1 Å². The van der Waals surface area contributed by atoms with Crippen LogP contribution in [0.1, 0.15) is 42.6 Å². The molecule has 1 unspecified atom stereocenters. The first-order chi connectivity index (χ1) is 16.3. The monoisotopic (exact) mass is 574 g/mol. The van der Waals surface area contributed by atoms with Crippen molar-refractivity contribution >= 4 is 29.9 Å². The Hall–Kier alpha value is -2.46. The zero-order chi connectivity index (χ0) is 22.7. The third kappa shape index (κ3) is 7.53. The summed E-state index contributed by atoms with van der Waals surface area (Å²) in [5, 5.41) is 15.2. The molecule has 4 rings (SSSR count). The fraction of sp³-hybridized carbons (Fsp3) is 0.423. The van der Waals surface area contributed by atoms with Crippen molar-refractivity contribution in [2.45, 2.75) is 44.8 Å². The van der Waals surface area contributed by atoms with Crippen LogP contribution < -0.4 is 10.6 Å². The van der Waals surface area contributed by atoms with Crippen LogP contribution in [0.4, 0.5) is 0 Å². The second-order valence-corrected chi connectivity index (χ2v) is 8.30. The predicted octanol–water partition coefficient (Wildman–Crippen LogP) is 4.00. The summed E-state index contributed by atoms with van der Waals surface area (Å²) < 4.78 is 7.88. The Labute approximate surface area is 219 Å². The Balaban J connectivity index is 0.00000324. The van der Waals surface area contributed by atoms with Crippen molar-refractivity contribution < 1.29 is 4.74 Å². The van der Waals surface area contributed by atoms with Gasteiger partial charge in [0.2, 0.25) is 0 Å². The van der Waals surface area contributed by atoms with Gasteiger partial charge in [-0.3, -0.25) is 4.99 Å². The average Bonchev–Trinajstić information content (AvgIpc) is 3.55. The zero-order valence-corrected chi connectivity index (χ0v) is 22.1. The normalized spacial score (nSPS) is 15.8. The number of guanidine groups is 1. The third-order valence-corrected chi connectivity index (χ3v) is 6.01. The fourth-order valence-electron chi connectivity index (χ4n) is 4.18. The summed E-state index contributed by atoms with van der Waals surface area (Å²) in [5.74, 6) is 2.00. The zero-order valence-electron chi connectivity index (χ0n) is 19.8. The molecular formula is C26H35IN6O. The molecule has 1 atom stereocenters. The quantitative estimate of drug-likeness (QED) is 0.218. The SMILES string of the molecule is CCc1nncn1CCNC(=NCC(c1ccccc1)c1ccccc1)NCC1CCCO1.I. The van der Waals surface area contributed by atoms with Crippen molar-refractivity contribution in [3.63, 3.8) is 0 Å². The summed E-state index contributed by atoms with van der Waals surface area (Å²) >= 11 is 0. The summed E-state index contributed by atoms with van der Waals surface area (Å²) in [6, 6.07) is 21.2. The lowest BCUT2D eigenvalue weighted by molar-refractivity contribution is 0.114. The van der Waals surface area contributed by atoms with E-state index in [0.717, 1.165) is 57.3 Å². The van der Waals surface area contributed by atoms with Crippen molar-refractivity contribution in [3.8, 4) is 0 Å². The van der Waals surface area contributed by atoms with Crippen LogP contribution in [0.15, 0.2) is 72.0 Å². The smallest absolute Gasteiger partial charge is 0.191 e. The van der Waals surface area contributed by atoms with Gasteiger partial charge >= 0.3 is 0 Å². The maximum absolute atomic E-state index is 5.80. The number of halogens is 1. The number of aliphatic imine (C=N–C) groups is 1. The van der Waals surface area contributed by atoms with Gasteiger partial charge in [-0.1, -0.05) is 67.6 Å². The second-order valence-electron chi connectivity index (χ2n) is 8.30. The molecule has 0 bridgehead atoms. The van der Waals surface area contributed by atoms with Gasteiger partial charge in [0.15, 0.2) is 5.96 Å². The summed E-state index contributed by atoms with van der Waals surface area (Å²) in [4.78, 5) is 5.00. The number of hydrogen-bond donors (Lipinski definition) is 2. The minimum atomic E-state index is 0. The molecule has 0 spiro atoms. The van der Waals surface area contributed by atoms with Gasteiger partial charge < -0.3 is 19.9 Å². The van der Waals surface area contributed by atoms with Crippen LogP contribution >= 0.6 is 24.0 Å². The highest BCUT2D eigenvalue weighted by molar-refractivity contribution is 14.0. The van der Waals surface area contributed by atoms with E-state index in [0.29, 0.717) is 6.54 Å². The Morgan fingerprint density at radius 3 is 2.41 bits per heavy atom. The molecule has 7 nitrogen and oxygen atoms in total. The summed E-state index contributed by atoms with van der Waals surface area (Å²) in [6.07, 6.45) is 5.13. The molecule has 0 aliphatic carbocycles. The molecule has 2 aromatic carbocycles. The first-order valence-corrected chi connectivity index (χ1v) is 11.9. The molecule has 2 heterocycles. The predicted molar refractivity (Wildman–Crippen MR) is 147 cm³/mol. The maximum Gasteiger partial charge on any atom is 0.191 e. The summed E-state index contributed by atoms with van der Waals surface area (Å²) in [6.45, 7) is 5.89. The Morgan fingerprint density at radius 2 is 1.79 bits per heavy atom. The summed E-state index contributed by atoms with van der Waals surface area (Å²) in [5.41, 5.74) is 2.53. The average molecular weight is 575 g/mol. The van der Waals surface area contributed by atoms with Crippen molar-refractivity contribution in [1.29, 1.82) is 0 Å². The summed E-state index contributed by atoms with van der Waals surface area (Å²) in [7, 11) is 0. The van der Waals surface area contributed by atoms with Gasteiger partial charge in [-0.2, -0.15) is 0 Å². The van der Waals surface area contributed by atoms with Gasteiger partial charge in [-0.25, -0.2) is 0 Å². The number of nitrogens with one attached hydrogen (secondary N) is 2. The molecule has 1 aliphatic rings. The fourth-order valence-corrected chi connectivity index (χ4v) is 4.18.